The molecule has 9 rings (SSSR count). The summed E-state index contributed by atoms with van der Waals surface area (Å²) in [4.78, 5) is 15.4. The lowest BCUT2D eigenvalue weighted by molar-refractivity contribution is 0.996. The van der Waals surface area contributed by atoms with Crippen molar-refractivity contribution in [3.63, 3.8) is 0 Å². The van der Waals surface area contributed by atoms with Gasteiger partial charge in [0, 0.05) is 33.0 Å². The molecule has 0 aliphatic heterocycles. The van der Waals surface area contributed by atoms with Gasteiger partial charge in [0.15, 0.2) is 0 Å². The summed E-state index contributed by atoms with van der Waals surface area (Å²) in [5.74, 6) is 0.609. The molecule has 0 spiro atoms. The van der Waals surface area contributed by atoms with Crippen molar-refractivity contribution in [2.75, 3.05) is 0 Å². The molecule has 0 N–H and O–H groups in total. The van der Waals surface area contributed by atoms with Gasteiger partial charge in [0.05, 0.1) is 45.2 Å². The smallest absolute Gasteiger partial charge is 0.235 e. The predicted octanol–water partition coefficient (Wildman–Crippen LogP) is 9.40. The van der Waals surface area contributed by atoms with E-state index in [1.807, 2.05) is 48.7 Å². The van der Waals surface area contributed by atoms with Gasteiger partial charge in [0.2, 0.25) is 5.95 Å². The minimum absolute atomic E-state index is 0.609. The Labute approximate surface area is 253 Å². The predicted molar refractivity (Wildman–Crippen MR) is 179 cm³/mol. The summed E-state index contributed by atoms with van der Waals surface area (Å²) in [6.07, 6.45) is 1.97. The first kappa shape index (κ1) is 24.5. The molecule has 0 fully saturated rings. The molecule has 5 aromatic carbocycles. The number of fused-ring (bicyclic) bond motifs is 7. The van der Waals surface area contributed by atoms with Gasteiger partial charge in [-0.05, 0) is 30.3 Å². The summed E-state index contributed by atoms with van der Waals surface area (Å²) in [5.41, 5.74) is 10.1. The molecule has 9 aromatic rings. The van der Waals surface area contributed by atoms with Gasteiger partial charge < -0.3 is 4.57 Å². The van der Waals surface area contributed by atoms with Crippen molar-refractivity contribution in [2.45, 2.75) is 0 Å². The highest BCUT2D eigenvalue weighted by Crippen LogP contribution is 2.42. The first-order valence-corrected chi connectivity index (χ1v) is 14.7. The van der Waals surface area contributed by atoms with Crippen LogP contribution in [0.4, 0.5) is 0 Å². The fourth-order valence-corrected chi connectivity index (χ4v) is 6.45. The van der Waals surface area contributed by atoms with E-state index in [2.05, 4.69) is 112 Å². The lowest BCUT2D eigenvalue weighted by Gasteiger charge is -2.12. The Bertz CT molecular complexity index is 2420. The molecule has 44 heavy (non-hydrogen) atoms. The van der Waals surface area contributed by atoms with Crippen molar-refractivity contribution in [3.05, 3.63) is 152 Å². The second-order valence-corrected chi connectivity index (χ2v) is 10.9. The average molecular weight is 564 g/mol. The van der Waals surface area contributed by atoms with Crippen LogP contribution in [0, 0.1) is 0 Å². The lowest BCUT2D eigenvalue weighted by atomic mass is 10.1. The molecule has 4 aromatic heterocycles. The minimum Gasteiger partial charge on any atom is -0.307 e. The summed E-state index contributed by atoms with van der Waals surface area (Å²) >= 11 is 0. The van der Waals surface area contributed by atoms with Crippen molar-refractivity contribution >= 4 is 43.7 Å². The maximum absolute atomic E-state index is 5.26. The maximum Gasteiger partial charge on any atom is 0.235 e. The number of hydrogen-bond acceptors (Lipinski definition) is 3. The minimum atomic E-state index is 0.609. The number of benzene rings is 5. The molecule has 4 heterocycles. The molecule has 0 aliphatic rings. The summed E-state index contributed by atoms with van der Waals surface area (Å²) in [6.45, 7) is 0. The van der Waals surface area contributed by atoms with E-state index in [4.69, 9.17) is 15.0 Å². The molecule has 0 bridgehead atoms. The third kappa shape index (κ3) is 3.69. The second-order valence-electron chi connectivity index (χ2n) is 10.9. The molecule has 0 unspecified atom stereocenters. The van der Waals surface area contributed by atoms with Crippen LogP contribution in [0.2, 0.25) is 0 Å². The van der Waals surface area contributed by atoms with E-state index in [0.29, 0.717) is 5.95 Å². The van der Waals surface area contributed by atoms with E-state index in [9.17, 15) is 0 Å². The molecule has 206 valence electrons. The highest BCUT2D eigenvalue weighted by atomic mass is 15.2. The highest BCUT2D eigenvalue weighted by molar-refractivity contribution is 6.26. The topological polar surface area (TPSA) is 48.5 Å². The van der Waals surface area contributed by atoms with Crippen LogP contribution in [0.15, 0.2) is 152 Å². The number of nitrogens with zero attached hydrogens (tertiary/aromatic N) is 5. The van der Waals surface area contributed by atoms with Gasteiger partial charge in [0.25, 0.3) is 0 Å². The quantitative estimate of drug-likeness (QED) is 0.214. The Morgan fingerprint density at radius 1 is 0.455 bits per heavy atom. The van der Waals surface area contributed by atoms with Gasteiger partial charge in [-0.3, -0.25) is 9.55 Å². The van der Waals surface area contributed by atoms with Gasteiger partial charge >= 0.3 is 0 Å². The molecule has 5 nitrogen and oxygen atoms in total. The molecular weight excluding hydrogens is 538 g/mol. The molecule has 5 heteroatoms. The second kappa shape index (κ2) is 9.75. The Morgan fingerprint density at radius 3 is 1.70 bits per heavy atom. The van der Waals surface area contributed by atoms with Crippen molar-refractivity contribution in [2.24, 2.45) is 0 Å². The van der Waals surface area contributed by atoms with Crippen LogP contribution < -0.4 is 0 Å². The van der Waals surface area contributed by atoms with Crippen LogP contribution in [0.25, 0.3) is 77.9 Å². The van der Waals surface area contributed by atoms with Crippen LogP contribution in [-0.2, 0) is 0 Å². The average Bonchev–Trinajstić information content (AvgIpc) is 3.62. The standard InChI is InChI=1S/C39H25N5/c1-4-14-26(15-5-1)32-24-33(27-16-6-2-7-17-27)42-39(41-32)44-35-25-40-31-22-12-10-20-29(31)36(35)38-37(44)30-21-11-13-23-34(30)43(38)28-18-8-3-9-19-28/h1-25H. The Morgan fingerprint density at radius 2 is 1.02 bits per heavy atom. The fraction of sp³-hybridized carbons (Fsp3) is 0. The zero-order chi connectivity index (χ0) is 29.0. The first-order valence-electron chi connectivity index (χ1n) is 14.7. The Kier molecular flexibility index (Phi) is 5.43. The van der Waals surface area contributed by atoms with Gasteiger partial charge in [0.1, 0.15) is 0 Å². The van der Waals surface area contributed by atoms with Crippen LogP contribution in [0.1, 0.15) is 0 Å². The maximum atomic E-state index is 5.26. The van der Waals surface area contributed by atoms with Crippen molar-refractivity contribution < 1.29 is 0 Å². The largest absolute Gasteiger partial charge is 0.307 e. The highest BCUT2D eigenvalue weighted by Gasteiger charge is 2.25. The summed E-state index contributed by atoms with van der Waals surface area (Å²) in [7, 11) is 0. The van der Waals surface area contributed by atoms with Crippen LogP contribution >= 0.6 is 0 Å². The number of rotatable bonds is 4. The lowest BCUT2D eigenvalue weighted by Crippen LogP contribution is -2.04. The Balaban J connectivity index is 1.49. The van der Waals surface area contributed by atoms with Gasteiger partial charge in [-0.1, -0.05) is 115 Å². The molecule has 0 radical (unpaired) electrons. The van der Waals surface area contributed by atoms with Gasteiger partial charge in [-0.25, -0.2) is 9.97 Å². The zero-order valence-corrected chi connectivity index (χ0v) is 23.7. The van der Waals surface area contributed by atoms with Gasteiger partial charge in [-0.2, -0.15) is 0 Å². The molecule has 0 saturated heterocycles. The summed E-state index contributed by atoms with van der Waals surface area (Å²) in [5, 5.41) is 3.35. The van der Waals surface area contributed by atoms with Crippen LogP contribution in [-0.4, -0.2) is 24.1 Å². The Hall–Kier alpha value is -6.07. The SMILES string of the molecule is c1ccc(-c2cc(-c3ccccc3)nc(-n3c4cnc5ccccc5c4c4c3c3ccccc3n4-c3ccccc3)n2)cc1. The number of hydrogen-bond donors (Lipinski definition) is 0. The van der Waals surface area contributed by atoms with Crippen LogP contribution in [0.5, 0.6) is 0 Å². The van der Waals surface area contributed by atoms with E-state index in [1.165, 1.54) is 0 Å². The molecule has 0 atom stereocenters. The fourth-order valence-electron chi connectivity index (χ4n) is 6.45. The van der Waals surface area contributed by atoms with Crippen molar-refractivity contribution in [1.82, 2.24) is 24.1 Å². The summed E-state index contributed by atoms with van der Waals surface area (Å²) < 4.78 is 4.58. The molecular formula is C39H25N5. The number of aromatic nitrogens is 5. The van der Waals surface area contributed by atoms with Crippen molar-refractivity contribution in [3.8, 4) is 34.2 Å². The first-order chi connectivity index (χ1) is 21.8. The number of pyridine rings is 1. The summed E-state index contributed by atoms with van der Waals surface area (Å²) in [6, 6.07) is 50.3. The third-order valence-electron chi connectivity index (χ3n) is 8.37. The van der Waals surface area contributed by atoms with E-state index in [-0.39, 0.29) is 0 Å². The normalized spacial score (nSPS) is 11.6. The van der Waals surface area contributed by atoms with E-state index < -0.39 is 0 Å². The molecule has 0 saturated carbocycles. The van der Waals surface area contributed by atoms with Gasteiger partial charge in [-0.15, -0.1) is 0 Å². The van der Waals surface area contributed by atoms with E-state index in [0.717, 1.165) is 71.9 Å². The molecule has 0 amide bonds. The molecule has 0 aliphatic carbocycles. The van der Waals surface area contributed by atoms with Crippen LogP contribution in [0.3, 0.4) is 0 Å². The number of para-hydroxylation sites is 3. The van der Waals surface area contributed by atoms with Crippen molar-refractivity contribution in [1.29, 1.82) is 0 Å². The third-order valence-corrected chi connectivity index (χ3v) is 8.37. The monoisotopic (exact) mass is 563 g/mol. The zero-order valence-electron chi connectivity index (χ0n) is 23.7. The van der Waals surface area contributed by atoms with E-state index in [1.54, 1.807) is 0 Å². The van der Waals surface area contributed by atoms with E-state index >= 15 is 0 Å².